The summed E-state index contributed by atoms with van der Waals surface area (Å²) in [5.41, 5.74) is 5.53. The van der Waals surface area contributed by atoms with Crippen LogP contribution in [0.25, 0.3) is 10.9 Å². The zero-order valence-electron chi connectivity index (χ0n) is 17.2. The van der Waals surface area contributed by atoms with Crippen molar-refractivity contribution in [1.29, 1.82) is 0 Å². The summed E-state index contributed by atoms with van der Waals surface area (Å²) in [7, 11) is 0. The van der Waals surface area contributed by atoms with Crippen LogP contribution in [0.15, 0.2) is 29.5 Å². The van der Waals surface area contributed by atoms with Gasteiger partial charge in [0, 0.05) is 25.3 Å². The predicted octanol–water partition coefficient (Wildman–Crippen LogP) is 1.86. The molecule has 0 amide bonds. The topological polar surface area (TPSA) is 136 Å². The van der Waals surface area contributed by atoms with E-state index >= 15 is 4.39 Å². The first-order valence-corrected chi connectivity index (χ1v) is 10.2. The van der Waals surface area contributed by atoms with E-state index in [2.05, 4.69) is 15.3 Å². The molecule has 4 N–H and O–H groups in total. The number of anilines is 3. The van der Waals surface area contributed by atoms with Gasteiger partial charge in [0.25, 0.3) is 0 Å². The zero-order chi connectivity index (χ0) is 22.6. The number of hydrogen-bond donors (Lipinski definition) is 3. The Balaban J connectivity index is 1.52. The van der Waals surface area contributed by atoms with Crippen molar-refractivity contribution >= 4 is 34.2 Å². The smallest absolute Gasteiger partial charge is 0.341 e. The van der Waals surface area contributed by atoms with Crippen LogP contribution >= 0.6 is 0 Å². The highest BCUT2D eigenvalue weighted by Crippen LogP contribution is 2.40. The van der Waals surface area contributed by atoms with Crippen LogP contribution in [0.5, 0.6) is 5.75 Å². The van der Waals surface area contributed by atoms with Gasteiger partial charge in [-0.2, -0.15) is 0 Å². The maximum absolute atomic E-state index is 15.2. The molecule has 0 bridgehead atoms. The lowest BCUT2D eigenvalue weighted by atomic mass is 10.1. The minimum Gasteiger partial charge on any atom is -0.487 e. The van der Waals surface area contributed by atoms with Crippen molar-refractivity contribution in [1.82, 2.24) is 14.5 Å². The van der Waals surface area contributed by atoms with Crippen LogP contribution in [0.2, 0.25) is 0 Å². The average Bonchev–Trinajstić information content (AvgIpc) is 3.23. The first kappa shape index (κ1) is 20.0. The van der Waals surface area contributed by atoms with Crippen molar-refractivity contribution in [2.24, 2.45) is 0 Å². The van der Waals surface area contributed by atoms with Crippen molar-refractivity contribution in [3.8, 4) is 5.75 Å². The number of carboxylic acids is 1. The SMILES string of the molecule is C[C@H]1COc2c(NC3CCN(c4ncc(N)cn4)C3)c(F)cc3c(=O)c(C(=O)O)cn1c23. The highest BCUT2D eigenvalue weighted by molar-refractivity contribution is 5.97. The summed E-state index contributed by atoms with van der Waals surface area (Å²) < 4.78 is 22.7. The van der Waals surface area contributed by atoms with Crippen LogP contribution in [0.3, 0.4) is 0 Å². The van der Waals surface area contributed by atoms with Gasteiger partial charge in [0.05, 0.1) is 35.0 Å². The van der Waals surface area contributed by atoms with E-state index in [1.54, 1.807) is 4.57 Å². The molecule has 1 fully saturated rings. The molecule has 166 valence electrons. The van der Waals surface area contributed by atoms with Gasteiger partial charge in [0.2, 0.25) is 11.4 Å². The molecular weight excluding hydrogens is 419 g/mol. The Kier molecular flexibility index (Phi) is 4.61. The summed E-state index contributed by atoms with van der Waals surface area (Å²) in [6.07, 6.45) is 5.10. The third-order valence-corrected chi connectivity index (χ3v) is 5.87. The van der Waals surface area contributed by atoms with Gasteiger partial charge in [-0.3, -0.25) is 4.79 Å². The Hall–Kier alpha value is -3.89. The minimum atomic E-state index is -1.35. The number of nitrogens with zero attached hydrogens (tertiary/aromatic N) is 4. The summed E-state index contributed by atoms with van der Waals surface area (Å²) in [6.45, 7) is 3.29. The average molecular weight is 440 g/mol. The van der Waals surface area contributed by atoms with Crippen molar-refractivity contribution < 1.29 is 19.0 Å². The summed E-state index contributed by atoms with van der Waals surface area (Å²) in [5.74, 6) is -1.26. The second-order valence-electron chi connectivity index (χ2n) is 8.10. The number of aromatic carboxylic acids is 1. The highest BCUT2D eigenvalue weighted by Gasteiger charge is 2.31. The Morgan fingerprint density at radius 2 is 2.12 bits per heavy atom. The molecule has 11 heteroatoms. The van der Waals surface area contributed by atoms with Crippen LogP contribution in [-0.2, 0) is 0 Å². The second kappa shape index (κ2) is 7.36. The van der Waals surface area contributed by atoms with Crippen LogP contribution < -0.4 is 26.1 Å². The Bertz CT molecular complexity index is 1290. The van der Waals surface area contributed by atoms with Crippen LogP contribution in [0.4, 0.5) is 21.7 Å². The third kappa shape index (κ3) is 3.17. The Labute approximate surface area is 181 Å². The first-order valence-electron chi connectivity index (χ1n) is 10.2. The molecule has 10 nitrogen and oxygen atoms in total. The summed E-state index contributed by atoms with van der Waals surface area (Å²) in [6, 6.07) is 0.760. The maximum atomic E-state index is 15.2. The number of nitrogen functional groups attached to an aromatic ring is 1. The number of nitrogens with two attached hydrogens (primary N) is 1. The molecule has 2 aliphatic rings. The van der Waals surface area contributed by atoms with Crippen LogP contribution in [-0.4, -0.2) is 51.3 Å². The van der Waals surface area contributed by atoms with Gasteiger partial charge in [-0.25, -0.2) is 19.2 Å². The quantitative estimate of drug-likeness (QED) is 0.555. The summed E-state index contributed by atoms with van der Waals surface area (Å²) in [5, 5.41) is 12.6. The van der Waals surface area contributed by atoms with Gasteiger partial charge < -0.3 is 30.4 Å². The van der Waals surface area contributed by atoms with Crippen molar-refractivity contribution in [3.63, 3.8) is 0 Å². The molecular formula is C21H21FN6O4. The molecule has 3 aromatic rings. The van der Waals surface area contributed by atoms with Gasteiger partial charge in [-0.1, -0.05) is 0 Å². The van der Waals surface area contributed by atoms with Crippen molar-refractivity contribution in [2.75, 3.05) is 35.6 Å². The molecule has 4 heterocycles. The molecule has 5 rings (SSSR count). The van der Waals surface area contributed by atoms with Gasteiger partial charge in [0.15, 0.2) is 11.6 Å². The molecule has 0 aliphatic carbocycles. The van der Waals surface area contributed by atoms with Gasteiger partial charge in [-0.15, -0.1) is 0 Å². The summed E-state index contributed by atoms with van der Waals surface area (Å²) in [4.78, 5) is 34.6. The molecule has 1 aromatic carbocycles. The highest BCUT2D eigenvalue weighted by atomic mass is 19.1. The van der Waals surface area contributed by atoms with Crippen molar-refractivity contribution in [2.45, 2.75) is 25.4 Å². The van der Waals surface area contributed by atoms with Crippen molar-refractivity contribution in [3.05, 3.63) is 46.3 Å². The molecule has 2 atom stereocenters. The molecule has 32 heavy (non-hydrogen) atoms. The number of halogens is 1. The lowest BCUT2D eigenvalue weighted by molar-refractivity contribution is 0.0694. The van der Waals surface area contributed by atoms with E-state index in [1.807, 2.05) is 11.8 Å². The van der Waals surface area contributed by atoms with E-state index in [-0.39, 0.29) is 35.5 Å². The zero-order valence-corrected chi connectivity index (χ0v) is 17.2. The van der Waals surface area contributed by atoms with Crippen LogP contribution in [0.1, 0.15) is 29.7 Å². The van der Waals surface area contributed by atoms with E-state index in [9.17, 15) is 14.7 Å². The normalized spacial score (nSPS) is 19.8. The number of rotatable bonds is 4. The monoisotopic (exact) mass is 440 g/mol. The van der Waals surface area contributed by atoms with Crippen LogP contribution in [0, 0.1) is 5.82 Å². The fourth-order valence-corrected chi connectivity index (χ4v) is 4.27. The van der Waals surface area contributed by atoms with E-state index < -0.39 is 22.8 Å². The number of carbonyl (C=O) groups is 1. The summed E-state index contributed by atoms with van der Waals surface area (Å²) >= 11 is 0. The second-order valence-corrected chi connectivity index (χ2v) is 8.10. The fraction of sp³-hybridized carbons (Fsp3) is 0.333. The number of ether oxygens (including phenoxy) is 1. The van der Waals surface area contributed by atoms with Gasteiger partial charge >= 0.3 is 5.97 Å². The van der Waals surface area contributed by atoms with E-state index in [0.717, 1.165) is 6.07 Å². The van der Waals surface area contributed by atoms with E-state index in [4.69, 9.17) is 10.5 Å². The molecule has 2 aliphatic heterocycles. The molecule has 0 spiro atoms. The lowest BCUT2D eigenvalue weighted by Gasteiger charge is -2.29. The lowest BCUT2D eigenvalue weighted by Crippen LogP contribution is -2.30. The number of carboxylic acid groups (broad SMARTS) is 1. The molecule has 1 unspecified atom stereocenters. The third-order valence-electron chi connectivity index (χ3n) is 5.87. The number of hydrogen-bond acceptors (Lipinski definition) is 8. The standard InChI is InChI=1S/C21H21FN6O4/c1-10-9-32-19-16(26-12-2-3-27(7-12)21-24-5-11(23)6-25-21)15(22)4-13-17(19)28(10)8-14(18(13)29)20(30)31/h4-6,8,10,12,26H,2-3,7,9,23H2,1H3,(H,30,31)/t10-,12?/m0/s1. The Morgan fingerprint density at radius 3 is 2.84 bits per heavy atom. The fourth-order valence-electron chi connectivity index (χ4n) is 4.27. The molecule has 0 radical (unpaired) electrons. The molecule has 2 aromatic heterocycles. The maximum Gasteiger partial charge on any atom is 0.341 e. The van der Waals surface area contributed by atoms with E-state index in [0.29, 0.717) is 36.7 Å². The number of aromatic nitrogens is 3. The van der Waals surface area contributed by atoms with Gasteiger partial charge in [-0.05, 0) is 19.4 Å². The Morgan fingerprint density at radius 1 is 1.38 bits per heavy atom. The number of nitrogens with one attached hydrogen (secondary N) is 1. The first-order chi connectivity index (χ1) is 15.3. The van der Waals surface area contributed by atoms with Gasteiger partial charge in [0.1, 0.15) is 17.9 Å². The molecule has 0 saturated carbocycles. The number of benzene rings is 1. The molecule has 1 saturated heterocycles. The largest absolute Gasteiger partial charge is 0.487 e. The van der Waals surface area contributed by atoms with E-state index in [1.165, 1.54) is 18.6 Å². The minimum absolute atomic E-state index is 0.0159. The predicted molar refractivity (Wildman–Crippen MR) is 116 cm³/mol. The number of pyridine rings is 1.